The second kappa shape index (κ2) is 8.75. The molecular formula is C25H24BrN3. The molecule has 0 aliphatic carbocycles. The largest absolute Gasteiger partial charge is 0.339 e. The molecule has 29 heavy (non-hydrogen) atoms. The molecule has 1 N–H and O–H groups in total. The van der Waals surface area contributed by atoms with E-state index in [4.69, 9.17) is 9.97 Å². The zero-order valence-electron chi connectivity index (χ0n) is 16.7. The molecule has 0 saturated carbocycles. The van der Waals surface area contributed by atoms with Crippen molar-refractivity contribution in [1.82, 2.24) is 9.97 Å². The summed E-state index contributed by atoms with van der Waals surface area (Å²) in [6.45, 7) is 4.30. The van der Waals surface area contributed by atoms with Crippen LogP contribution in [-0.2, 0) is 6.42 Å². The first-order valence-electron chi connectivity index (χ1n) is 10.0. The molecule has 0 atom stereocenters. The van der Waals surface area contributed by atoms with Crippen LogP contribution in [0.3, 0.4) is 0 Å². The number of benzene rings is 3. The lowest BCUT2D eigenvalue weighted by Crippen LogP contribution is -2.00. The van der Waals surface area contributed by atoms with Crippen LogP contribution in [0.4, 0.5) is 11.5 Å². The van der Waals surface area contributed by atoms with Crippen molar-refractivity contribution in [3.05, 3.63) is 82.3 Å². The lowest BCUT2D eigenvalue weighted by Gasteiger charge is -2.13. The zero-order chi connectivity index (χ0) is 20.2. The average Bonchev–Trinajstić information content (AvgIpc) is 2.74. The molecule has 0 radical (unpaired) electrons. The van der Waals surface area contributed by atoms with Gasteiger partial charge in [0.2, 0.25) is 0 Å². The molecule has 0 aliphatic rings. The van der Waals surface area contributed by atoms with Crippen molar-refractivity contribution in [1.29, 1.82) is 0 Å². The first kappa shape index (κ1) is 19.6. The van der Waals surface area contributed by atoms with Gasteiger partial charge in [0.1, 0.15) is 5.82 Å². The second-order valence-corrected chi connectivity index (χ2v) is 8.18. The summed E-state index contributed by atoms with van der Waals surface area (Å²) < 4.78 is 1.02. The normalized spacial score (nSPS) is 11.0. The molecule has 4 heteroatoms. The number of anilines is 2. The van der Waals surface area contributed by atoms with Gasteiger partial charge in [-0.3, -0.25) is 0 Å². The van der Waals surface area contributed by atoms with Gasteiger partial charge in [-0.15, -0.1) is 0 Å². The third-order valence-corrected chi connectivity index (χ3v) is 5.67. The summed E-state index contributed by atoms with van der Waals surface area (Å²) in [7, 11) is 0. The predicted octanol–water partition coefficient (Wildman–Crippen LogP) is 7.45. The van der Waals surface area contributed by atoms with Crippen LogP contribution < -0.4 is 5.32 Å². The molecule has 4 aromatic rings. The van der Waals surface area contributed by atoms with Crippen molar-refractivity contribution in [3.63, 3.8) is 0 Å². The number of aryl methyl sites for hydroxylation is 2. The summed E-state index contributed by atoms with van der Waals surface area (Å²) >= 11 is 3.65. The number of fused-ring (bicyclic) bond motifs is 1. The minimum absolute atomic E-state index is 0.733. The van der Waals surface area contributed by atoms with E-state index in [1.165, 1.54) is 24.0 Å². The fraction of sp³-hybridized carbons (Fsp3) is 0.200. The molecule has 0 saturated heterocycles. The quantitative estimate of drug-likeness (QED) is 0.334. The van der Waals surface area contributed by atoms with Gasteiger partial charge in [-0.05, 0) is 71.1 Å². The summed E-state index contributed by atoms with van der Waals surface area (Å²) in [5, 5.41) is 4.50. The van der Waals surface area contributed by atoms with Crippen LogP contribution in [0.25, 0.3) is 22.3 Å². The summed E-state index contributed by atoms with van der Waals surface area (Å²) in [5.74, 6) is 1.54. The first-order chi connectivity index (χ1) is 14.1. The second-order valence-electron chi connectivity index (χ2n) is 7.32. The Kier molecular flexibility index (Phi) is 5.91. The number of hydrogen-bond acceptors (Lipinski definition) is 3. The molecule has 4 rings (SSSR count). The van der Waals surface area contributed by atoms with Crippen molar-refractivity contribution in [3.8, 4) is 11.4 Å². The Labute approximate surface area is 180 Å². The molecule has 0 aliphatic heterocycles. The fourth-order valence-corrected chi connectivity index (χ4v) is 3.94. The van der Waals surface area contributed by atoms with Gasteiger partial charge in [0.15, 0.2) is 5.82 Å². The first-order valence-corrected chi connectivity index (χ1v) is 10.8. The molecular weight excluding hydrogens is 422 g/mol. The summed E-state index contributed by atoms with van der Waals surface area (Å²) in [4.78, 5) is 9.69. The highest BCUT2D eigenvalue weighted by Crippen LogP contribution is 2.31. The molecule has 1 aromatic heterocycles. The molecule has 0 unspecified atom stereocenters. The van der Waals surface area contributed by atoms with Crippen LogP contribution in [-0.4, -0.2) is 9.97 Å². The van der Waals surface area contributed by atoms with Gasteiger partial charge in [0.05, 0.1) is 11.2 Å². The number of aromatic nitrogens is 2. The SMILES string of the molecule is CCCCc1ccc(-c2nc(Nc3ccc(C)cc3Br)c3ccccc3n2)cc1. The molecule has 146 valence electrons. The van der Waals surface area contributed by atoms with Crippen molar-refractivity contribution in [2.75, 3.05) is 5.32 Å². The van der Waals surface area contributed by atoms with E-state index in [9.17, 15) is 0 Å². The molecule has 0 fully saturated rings. The van der Waals surface area contributed by atoms with Gasteiger partial charge >= 0.3 is 0 Å². The third-order valence-electron chi connectivity index (χ3n) is 5.01. The van der Waals surface area contributed by atoms with Gasteiger partial charge < -0.3 is 5.32 Å². The Hall–Kier alpha value is -2.72. The van der Waals surface area contributed by atoms with E-state index in [2.05, 4.69) is 83.6 Å². The standard InChI is InChI=1S/C25H24BrN3/c1-3-4-7-18-11-13-19(14-12-18)24-27-22-9-6-5-8-20(22)25(29-24)28-23-15-10-17(2)16-21(23)26/h5-6,8-16H,3-4,7H2,1-2H3,(H,27,28,29). The number of hydrogen-bond donors (Lipinski definition) is 1. The maximum absolute atomic E-state index is 4.88. The minimum atomic E-state index is 0.733. The number of rotatable bonds is 6. The fourth-order valence-electron chi connectivity index (χ4n) is 3.35. The van der Waals surface area contributed by atoms with E-state index >= 15 is 0 Å². The number of nitrogens with one attached hydrogen (secondary N) is 1. The molecule has 3 aromatic carbocycles. The maximum atomic E-state index is 4.88. The van der Waals surface area contributed by atoms with Crippen molar-refractivity contribution < 1.29 is 0 Å². The van der Waals surface area contributed by atoms with Crippen LogP contribution in [0.2, 0.25) is 0 Å². The number of unbranched alkanes of at least 4 members (excludes halogenated alkanes) is 1. The number of nitrogens with zero attached hydrogens (tertiary/aromatic N) is 2. The van der Waals surface area contributed by atoms with Gasteiger partial charge in [-0.1, -0.05) is 55.8 Å². The van der Waals surface area contributed by atoms with Gasteiger partial charge in [0.25, 0.3) is 0 Å². The van der Waals surface area contributed by atoms with Crippen molar-refractivity contribution in [2.45, 2.75) is 33.1 Å². The van der Waals surface area contributed by atoms with Crippen LogP contribution in [0, 0.1) is 6.92 Å². The molecule has 1 heterocycles. The van der Waals surface area contributed by atoms with E-state index in [0.717, 1.165) is 44.7 Å². The summed E-state index contributed by atoms with van der Waals surface area (Å²) in [6, 6.07) is 23.0. The Morgan fingerprint density at radius 3 is 2.48 bits per heavy atom. The van der Waals surface area contributed by atoms with E-state index in [1.807, 2.05) is 18.2 Å². The lowest BCUT2D eigenvalue weighted by atomic mass is 10.1. The van der Waals surface area contributed by atoms with E-state index in [-0.39, 0.29) is 0 Å². The summed E-state index contributed by atoms with van der Waals surface area (Å²) in [6.07, 6.45) is 3.54. The zero-order valence-corrected chi connectivity index (χ0v) is 18.3. The topological polar surface area (TPSA) is 37.8 Å². The average molecular weight is 446 g/mol. The lowest BCUT2D eigenvalue weighted by molar-refractivity contribution is 0.795. The Bertz CT molecular complexity index is 1140. The van der Waals surface area contributed by atoms with E-state index < -0.39 is 0 Å². The Balaban J connectivity index is 1.74. The third kappa shape index (κ3) is 4.48. The van der Waals surface area contributed by atoms with Gasteiger partial charge in [0, 0.05) is 15.4 Å². The van der Waals surface area contributed by atoms with Gasteiger partial charge in [-0.2, -0.15) is 0 Å². The van der Waals surface area contributed by atoms with E-state index in [0.29, 0.717) is 0 Å². The molecule has 3 nitrogen and oxygen atoms in total. The van der Waals surface area contributed by atoms with Crippen molar-refractivity contribution >= 4 is 38.3 Å². The summed E-state index contributed by atoms with van der Waals surface area (Å²) in [5.41, 5.74) is 5.51. The highest BCUT2D eigenvalue weighted by molar-refractivity contribution is 9.10. The van der Waals surface area contributed by atoms with Gasteiger partial charge in [-0.25, -0.2) is 9.97 Å². The highest BCUT2D eigenvalue weighted by atomic mass is 79.9. The van der Waals surface area contributed by atoms with Crippen LogP contribution >= 0.6 is 15.9 Å². The van der Waals surface area contributed by atoms with E-state index in [1.54, 1.807) is 0 Å². The molecule has 0 amide bonds. The number of halogens is 1. The number of para-hydroxylation sites is 1. The maximum Gasteiger partial charge on any atom is 0.162 e. The van der Waals surface area contributed by atoms with Crippen LogP contribution in [0.15, 0.2) is 71.2 Å². The van der Waals surface area contributed by atoms with Crippen LogP contribution in [0.5, 0.6) is 0 Å². The highest BCUT2D eigenvalue weighted by Gasteiger charge is 2.11. The predicted molar refractivity (Wildman–Crippen MR) is 126 cm³/mol. The van der Waals surface area contributed by atoms with Crippen molar-refractivity contribution in [2.24, 2.45) is 0 Å². The Morgan fingerprint density at radius 1 is 0.931 bits per heavy atom. The Morgan fingerprint density at radius 2 is 1.72 bits per heavy atom. The minimum Gasteiger partial charge on any atom is -0.339 e. The molecule has 0 bridgehead atoms. The monoisotopic (exact) mass is 445 g/mol. The van der Waals surface area contributed by atoms with Crippen LogP contribution in [0.1, 0.15) is 30.9 Å². The smallest absolute Gasteiger partial charge is 0.162 e. The molecule has 0 spiro atoms.